The highest BCUT2D eigenvalue weighted by molar-refractivity contribution is 5.72. The van der Waals surface area contributed by atoms with Gasteiger partial charge in [0.05, 0.1) is 5.60 Å². The normalized spacial score (nSPS) is 14.1. The molecule has 0 saturated heterocycles. The topological polar surface area (TPSA) is 26.3 Å². The number of carbonyl (C=O) groups excluding carboxylic acids is 1. The molecule has 2 nitrogen and oxygen atoms in total. The Hall–Kier alpha value is -0.890. The minimum absolute atomic E-state index is 0.0329. The maximum atomic E-state index is 10.4. The first-order valence-corrected chi connectivity index (χ1v) is 5.75. The Labute approximate surface area is 99.4 Å². The van der Waals surface area contributed by atoms with Gasteiger partial charge in [-0.05, 0) is 52.5 Å². The molecule has 0 fully saturated rings. The first-order valence-electron chi connectivity index (χ1n) is 5.75. The molecule has 0 heterocycles. The highest BCUT2D eigenvalue weighted by Crippen LogP contribution is 2.18. The summed E-state index contributed by atoms with van der Waals surface area (Å²) in [6, 6.07) is 0. The van der Waals surface area contributed by atoms with E-state index in [-0.39, 0.29) is 5.60 Å². The van der Waals surface area contributed by atoms with Gasteiger partial charge < -0.3 is 4.74 Å². The van der Waals surface area contributed by atoms with Crippen LogP contribution in [0.15, 0.2) is 23.3 Å². The third-order valence-corrected chi connectivity index (χ3v) is 2.72. The quantitative estimate of drug-likeness (QED) is 0.374. The molecule has 0 saturated carbocycles. The molecule has 0 aromatic heterocycles. The van der Waals surface area contributed by atoms with E-state index in [0.717, 1.165) is 31.1 Å². The van der Waals surface area contributed by atoms with Crippen LogP contribution in [0.25, 0.3) is 0 Å². The Bertz CT molecular complexity index is 272. The van der Waals surface area contributed by atoms with Gasteiger partial charge in [0, 0.05) is 7.11 Å². The summed E-state index contributed by atoms with van der Waals surface area (Å²) >= 11 is 0. The van der Waals surface area contributed by atoms with E-state index in [1.165, 1.54) is 5.57 Å². The summed E-state index contributed by atoms with van der Waals surface area (Å²) in [6.45, 7) is 8.10. The monoisotopic (exact) mass is 224 g/mol. The first-order chi connectivity index (χ1) is 7.41. The fraction of sp³-hybridized carbons (Fsp3) is 0.643. The van der Waals surface area contributed by atoms with Crippen LogP contribution < -0.4 is 0 Å². The van der Waals surface area contributed by atoms with E-state index in [2.05, 4.69) is 20.8 Å². The van der Waals surface area contributed by atoms with E-state index in [1.807, 2.05) is 19.1 Å². The van der Waals surface area contributed by atoms with Gasteiger partial charge in [0.2, 0.25) is 0 Å². The smallest absolute Gasteiger partial charge is 0.145 e. The molecule has 0 aliphatic carbocycles. The number of carbonyl (C=O) groups is 1. The van der Waals surface area contributed by atoms with Gasteiger partial charge in [-0.2, -0.15) is 0 Å². The molecule has 0 aliphatic heterocycles. The molecule has 0 amide bonds. The van der Waals surface area contributed by atoms with Crippen molar-refractivity contribution in [1.29, 1.82) is 0 Å². The minimum Gasteiger partial charge on any atom is -0.379 e. The molecular formula is C14H24O2. The van der Waals surface area contributed by atoms with E-state index in [0.29, 0.717) is 0 Å². The third-order valence-electron chi connectivity index (χ3n) is 2.72. The van der Waals surface area contributed by atoms with Gasteiger partial charge in [0.25, 0.3) is 0 Å². The van der Waals surface area contributed by atoms with Crippen molar-refractivity contribution >= 4 is 6.29 Å². The standard InChI is InChI=1S/C14H24O2/c1-12(8-9-13(2)11-15)7-6-10-14(3,4)16-5/h8-9,11H,6-7,10H2,1-5H3. The number of methoxy groups -OCH3 is 1. The predicted octanol–water partition coefficient (Wildman–Crippen LogP) is 3.67. The van der Waals surface area contributed by atoms with Gasteiger partial charge in [-0.3, -0.25) is 4.79 Å². The van der Waals surface area contributed by atoms with Crippen LogP contribution >= 0.6 is 0 Å². The Morgan fingerprint density at radius 3 is 2.38 bits per heavy atom. The molecule has 0 aliphatic rings. The average molecular weight is 224 g/mol. The lowest BCUT2D eigenvalue weighted by atomic mass is 9.99. The molecule has 0 bridgehead atoms. The second kappa shape index (κ2) is 7.39. The van der Waals surface area contributed by atoms with Crippen LogP contribution in [0.2, 0.25) is 0 Å². The molecule has 0 spiro atoms. The van der Waals surface area contributed by atoms with E-state index in [1.54, 1.807) is 7.11 Å². The summed E-state index contributed by atoms with van der Waals surface area (Å²) in [4.78, 5) is 10.4. The second-order valence-electron chi connectivity index (χ2n) is 4.86. The highest BCUT2D eigenvalue weighted by atomic mass is 16.5. The van der Waals surface area contributed by atoms with Crippen LogP contribution in [0, 0.1) is 0 Å². The molecule has 0 N–H and O–H groups in total. The van der Waals surface area contributed by atoms with Crippen molar-refractivity contribution in [2.24, 2.45) is 0 Å². The molecule has 2 heteroatoms. The zero-order valence-corrected chi connectivity index (χ0v) is 11.2. The number of allylic oxidation sites excluding steroid dienone is 4. The number of hydrogen-bond donors (Lipinski definition) is 0. The summed E-state index contributed by atoms with van der Waals surface area (Å²) in [5.74, 6) is 0. The van der Waals surface area contributed by atoms with E-state index in [9.17, 15) is 4.79 Å². The van der Waals surface area contributed by atoms with Crippen LogP contribution in [0.5, 0.6) is 0 Å². The van der Waals surface area contributed by atoms with Gasteiger partial charge in [0.1, 0.15) is 6.29 Å². The van der Waals surface area contributed by atoms with Crippen molar-refractivity contribution in [2.45, 2.75) is 52.6 Å². The second-order valence-corrected chi connectivity index (χ2v) is 4.86. The molecule has 0 aromatic rings. The Morgan fingerprint density at radius 1 is 1.25 bits per heavy atom. The van der Waals surface area contributed by atoms with Gasteiger partial charge in [-0.1, -0.05) is 17.7 Å². The van der Waals surface area contributed by atoms with Gasteiger partial charge in [-0.25, -0.2) is 0 Å². The SMILES string of the molecule is COC(C)(C)CCCC(C)=CC=C(C)C=O. The van der Waals surface area contributed by atoms with Gasteiger partial charge in [-0.15, -0.1) is 0 Å². The Kier molecular flexibility index (Phi) is 6.98. The van der Waals surface area contributed by atoms with Crippen LogP contribution in [0.1, 0.15) is 47.0 Å². The van der Waals surface area contributed by atoms with Gasteiger partial charge >= 0.3 is 0 Å². The number of hydrogen-bond acceptors (Lipinski definition) is 2. The van der Waals surface area contributed by atoms with Crippen molar-refractivity contribution < 1.29 is 9.53 Å². The maximum absolute atomic E-state index is 10.4. The van der Waals surface area contributed by atoms with Crippen molar-refractivity contribution in [3.63, 3.8) is 0 Å². The van der Waals surface area contributed by atoms with Crippen LogP contribution in [0.3, 0.4) is 0 Å². The van der Waals surface area contributed by atoms with Crippen molar-refractivity contribution in [1.82, 2.24) is 0 Å². The summed E-state index contributed by atoms with van der Waals surface area (Å²) in [7, 11) is 1.75. The van der Waals surface area contributed by atoms with Crippen molar-refractivity contribution in [3.05, 3.63) is 23.3 Å². The molecular weight excluding hydrogens is 200 g/mol. The van der Waals surface area contributed by atoms with Crippen LogP contribution in [0.4, 0.5) is 0 Å². The molecule has 0 radical (unpaired) electrons. The molecule has 0 rings (SSSR count). The zero-order valence-electron chi connectivity index (χ0n) is 11.2. The lowest BCUT2D eigenvalue weighted by Crippen LogP contribution is -2.21. The Morgan fingerprint density at radius 2 is 1.88 bits per heavy atom. The summed E-state index contributed by atoms with van der Waals surface area (Å²) < 4.78 is 5.36. The highest BCUT2D eigenvalue weighted by Gasteiger charge is 2.14. The van der Waals surface area contributed by atoms with Gasteiger partial charge in [0.15, 0.2) is 0 Å². The number of rotatable bonds is 7. The van der Waals surface area contributed by atoms with E-state index < -0.39 is 0 Å². The number of aldehydes is 1. The lowest BCUT2D eigenvalue weighted by Gasteiger charge is -2.22. The minimum atomic E-state index is -0.0329. The third kappa shape index (κ3) is 7.41. The predicted molar refractivity (Wildman–Crippen MR) is 68.5 cm³/mol. The van der Waals surface area contributed by atoms with Crippen molar-refractivity contribution in [2.75, 3.05) is 7.11 Å². The molecule has 16 heavy (non-hydrogen) atoms. The fourth-order valence-electron chi connectivity index (χ4n) is 1.29. The summed E-state index contributed by atoms with van der Waals surface area (Å²) in [5.41, 5.74) is 2.03. The van der Waals surface area contributed by atoms with E-state index in [4.69, 9.17) is 4.74 Å². The van der Waals surface area contributed by atoms with Crippen molar-refractivity contribution in [3.8, 4) is 0 Å². The van der Waals surface area contributed by atoms with Crippen LogP contribution in [-0.4, -0.2) is 19.0 Å². The maximum Gasteiger partial charge on any atom is 0.145 e. The molecule has 0 atom stereocenters. The summed E-state index contributed by atoms with van der Waals surface area (Å²) in [5, 5.41) is 0. The molecule has 92 valence electrons. The van der Waals surface area contributed by atoms with E-state index >= 15 is 0 Å². The molecule has 0 aromatic carbocycles. The average Bonchev–Trinajstić information content (AvgIpc) is 2.25. The Balaban J connectivity index is 3.99. The zero-order chi connectivity index (χ0) is 12.6. The number of ether oxygens (including phenoxy) is 1. The lowest BCUT2D eigenvalue weighted by molar-refractivity contribution is -0.104. The largest absolute Gasteiger partial charge is 0.379 e. The van der Waals surface area contributed by atoms with Crippen LogP contribution in [-0.2, 0) is 9.53 Å². The first kappa shape index (κ1) is 15.1. The molecule has 0 unspecified atom stereocenters. The summed E-state index contributed by atoms with van der Waals surface area (Å²) in [6.07, 6.45) is 7.96. The fourth-order valence-corrected chi connectivity index (χ4v) is 1.29.